The summed E-state index contributed by atoms with van der Waals surface area (Å²) < 4.78 is 28.3. The highest BCUT2D eigenvalue weighted by Crippen LogP contribution is 2.63. The van der Waals surface area contributed by atoms with E-state index >= 15 is 0 Å². The van der Waals surface area contributed by atoms with Crippen LogP contribution in [0.4, 0.5) is 5.69 Å². The predicted molar refractivity (Wildman–Crippen MR) is 99.9 cm³/mol. The smallest absolute Gasteiger partial charge is 0.346 e. The molecule has 0 aliphatic carbocycles. The Balaban J connectivity index is 1.57. The summed E-state index contributed by atoms with van der Waals surface area (Å²) in [6, 6.07) is 13.6. The second kappa shape index (κ2) is 7.05. The van der Waals surface area contributed by atoms with Crippen LogP contribution in [0, 0.1) is 10.1 Å². The first kappa shape index (κ1) is 18.1. The van der Waals surface area contributed by atoms with E-state index in [1.807, 2.05) is 15.4 Å². The van der Waals surface area contributed by atoms with Crippen molar-refractivity contribution in [2.24, 2.45) is 0 Å². The maximum atomic E-state index is 13.1. The van der Waals surface area contributed by atoms with Crippen LogP contribution < -0.4 is 4.74 Å². The monoisotopic (exact) mass is 389 g/mol. The second-order valence-electron chi connectivity index (χ2n) is 6.54. The van der Waals surface area contributed by atoms with E-state index in [0.29, 0.717) is 11.3 Å². The van der Waals surface area contributed by atoms with Gasteiger partial charge in [-0.1, -0.05) is 24.3 Å². The lowest BCUT2D eigenvalue weighted by Crippen LogP contribution is -2.10. The fourth-order valence-corrected chi connectivity index (χ4v) is 5.15. The van der Waals surface area contributed by atoms with Crippen LogP contribution >= 0.6 is 7.67 Å². The summed E-state index contributed by atoms with van der Waals surface area (Å²) in [6.07, 6.45) is -0.540. The van der Waals surface area contributed by atoms with Crippen LogP contribution in [0.2, 0.25) is 0 Å². The standard InChI is InChI=1S/C18H20N3O5P/c1-14(26-27(24,19-9-10-19)20-11-12-20)15-7-8-18(17(13-15)21(22)23)25-16-5-3-2-4-6-16/h2-8,13-14H,9-12H2,1H3. The van der Waals surface area contributed by atoms with Gasteiger partial charge in [-0.05, 0) is 30.7 Å². The van der Waals surface area contributed by atoms with Crippen molar-refractivity contribution < 1.29 is 18.7 Å². The molecule has 2 saturated heterocycles. The van der Waals surface area contributed by atoms with Crippen LogP contribution in [-0.4, -0.2) is 40.4 Å². The van der Waals surface area contributed by atoms with Gasteiger partial charge >= 0.3 is 13.4 Å². The zero-order valence-electron chi connectivity index (χ0n) is 14.9. The lowest BCUT2D eigenvalue weighted by Gasteiger charge is -2.24. The molecule has 0 radical (unpaired) electrons. The summed E-state index contributed by atoms with van der Waals surface area (Å²) in [5, 5.41) is 11.5. The fourth-order valence-electron chi connectivity index (χ4n) is 2.81. The molecule has 4 rings (SSSR count). The molecule has 27 heavy (non-hydrogen) atoms. The van der Waals surface area contributed by atoms with Gasteiger partial charge in [-0.3, -0.25) is 19.2 Å². The number of benzene rings is 2. The van der Waals surface area contributed by atoms with Crippen molar-refractivity contribution in [3.05, 3.63) is 64.2 Å². The Morgan fingerprint density at radius 2 is 1.70 bits per heavy atom. The molecule has 2 aliphatic rings. The topological polar surface area (TPSA) is 84.7 Å². The van der Waals surface area contributed by atoms with Crippen LogP contribution in [0.15, 0.2) is 48.5 Å². The lowest BCUT2D eigenvalue weighted by molar-refractivity contribution is -0.385. The Morgan fingerprint density at radius 1 is 1.07 bits per heavy atom. The molecule has 8 nitrogen and oxygen atoms in total. The summed E-state index contributed by atoms with van der Waals surface area (Å²) in [4.78, 5) is 11.0. The van der Waals surface area contributed by atoms with Gasteiger partial charge < -0.3 is 4.74 Å². The van der Waals surface area contributed by atoms with Crippen LogP contribution in [0.3, 0.4) is 0 Å². The molecule has 2 aromatic carbocycles. The second-order valence-corrected chi connectivity index (χ2v) is 8.87. The molecule has 2 aromatic rings. The van der Waals surface area contributed by atoms with Crippen molar-refractivity contribution in [2.45, 2.75) is 13.0 Å². The molecule has 142 valence electrons. The van der Waals surface area contributed by atoms with E-state index in [4.69, 9.17) is 9.26 Å². The number of nitro groups is 1. The van der Waals surface area contributed by atoms with Crippen LogP contribution in [-0.2, 0) is 9.09 Å². The van der Waals surface area contributed by atoms with Crippen LogP contribution in [0.25, 0.3) is 0 Å². The average molecular weight is 389 g/mol. The summed E-state index contributed by atoms with van der Waals surface area (Å²) in [7, 11) is -3.00. The normalized spacial score (nSPS) is 18.1. The SMILES string of the molecule is CC(OP(=O)(N1CC1)N1CC1)c1ccc(Oc2ccccc2)c([N+](=O)[O-])c1. The van der Waals surface area contributed by atoms with E-state index in [-0.39, 0.29) is 11.4 Å². The van der Waals surface area contributed by atoms with E-state index in [1.165, 1.54) is 6.07 Å². The number of hydrogen-bond donors (Lipinski definition) is 0. The maximum Gasteiger partial charge on any atom is 0.346 e. The van der Waals surface area contributed by atoms with Gasteiger partial charge in [0.05, 0.1) is 11.0 Å². The fraction of sp³-hybridized carbons (Fsp3) is 0.333. The molecular weight excluding hydrogens is 369 g/mol. The first-order chi connectivity index (χ1) is 13.0. The van der Waals surface area contributed by atoms with Crippen LogP contribution in [0.1, 0.15) is 18.6 Å². The zero-order chi connectivity index (χ0) is 19.0. The van der Waals surface area contributed by atoms with Crippen molar-refractivity contribution in [1.29, 1.82) is 0 Å². The van der Waals surface area contributed by atoms with Gasteiger partial charge in [0.1, 0.15) is 5.75 Å². The Morgan fingerprint density at radius 3 is 2.26 bits per heavy atom. The third-order valence-corrected chi connectivity index (χ3v) is 7.30. The molecule has 0 amide bonds. The Kier molecular flexibility index (Phi) is 4.74. The number of nitrogens with zero attached hydrogens (tertiary/aromatic N) is 3. The highest BCUT2D eigenvalue weighted by Gasteiger charge is 2.50. The minimum absolute atomic E-state index is 0.153. The number of hydrogen-bond acceptors (Lipinski definition) is 5. The van der Waals surface area contributed by atoms with Crippen LogP contribution in [0.5, 0.6) is 11.5 Å². The summed E-state index contributed by atoms with van der Waals surface area (Å²) in [5.74, 6) is 0.674. The molecule has 2 aliphatic heterocycles. The molecule has 0 spiro atoms. The number of para-hydroxylation sites is 1. The third kappa shape index (κ3) is 3.89. The highest BCUT2D eigenvalue weighted by atomic mass is 31.2. The lowest BCUT2D eigenvalue weighted by atomic mass is 10.1. The molecule has 9 heteroatoms. The quantitative estimate of drug-likeness (QED) is 0.289. The molecule has 0 aromatic heterocycles. The molecule has 1 unspecified atom stereocenters. The minimum atomic E-state index is -3.00. The van der Waals surface area contributed by atoms with Gasteiger partial charge in [0.2, 0.25) is 5.75 Å². The van der Waals surface area contributed by atoms with Crippen molar-refractivity contribution in [3.8, 4) is 11.5 Å². The first-order valence-electron chi connectivity index (χ1n) is 8.78. The molecule has 1 atom stereocenters. The van der Waals surface area contributed by atoms with Crippen molar-refractivity contribution in [3.63, 3.8) is 0 Å². The van der Waals surface area contributed by atoms with E-state index in [0.717, 1.165) is 26.2 Å². The van der Waals surface area contributed by atoms with E-state index < -0.39 is 18.7 Å². The van der Waals surface area contributed by atoms with Crippen molar-refractivity contribution in [2.75, 3.05) is 26.2 Å². The minimum Gasteiger partial charge on any atom is -0.450 e. The van der Waals surface area contributed by atoms with Gasteiger partial charge in [0.25, 0.3) is 0 Å². The number of nitro benzene ring substituents is 1. The summed E-state index contributed by atoms with van der Waals surface area (Å²) >= 11 is 0. The zero-order valence-corrected chi connectivity index (χ0v) is 15.7. The van der Waals surface area contributed by atoms with E-state index in [2.05, 4.69) is 0 Å². The highest BCUT2D eigenvalue weighted by molar-refractivity contribution is 7.54. The predicted octanol–water partition coefficient (Wildman–Crippen LogP) is 4.20. The van der Waals surface area contributed by atoms with Gasteiger partial charge in [0.15, 0.2) is 0 Å². The van der Waals surface area contributed by atoms with Crippen molar-refractivity contribution >= 4 is 13.4 Å². The number of ether oxygens (including phenoxy) is 1. The third-order valence-electron chi connectivity index (χ3n) is 4.48. The van der Waals surface area contributed by atoms with E-state index in [1.54, 1.807) is 43.3 Å². The summed E-state index contributed by atoms with van der Waals surface area (Å²) in [5.41, 5.74) is 0.436. The van der Waals surface area contributed by atoms with Gasteiger partial charge in [0, 0.05) is 32.2 Å². The van der Waals surface area contributed by atoms with E-state index in [9.17, 15) is 14.7 Å². The summed E-state index contributed by atoms with van der Waals surface area (Å²) in [6.45, 7) is 4.78. The first-order valence-corrected chi connectivity index (χ1v) is 10.3. The molecule has 0 bridgehead atoms. The molecule has 2 fully saturated rings. The average Bonchev–Trinajstić information content (AvgIpc) is 3.55. The molecular formula is C18H20N3O5P. The van der Waals surface area contributed by atoms with Crippen molar-refractivity contribution in [1.82, 2.24) is 9.34 Å². The molecule has 2 heterocycles. The molecule has 0 N–H and O–H groups in total. The van der Waals surface area contributed by atoms with Gasteiger partial charge in [-0.2, -0.15) is 0 Å². The Hall–Kier alpha value is -2.25. The number of rotatable bonds is 8. The Bertz CT molecular complexity index is 883. The van der Waals surface area contributed by atoms with Gasteiger partial charge in [-0.15, -0.1) is 0 Å². The largest absolute Gasteiger partial charge is 0.450 e. The molecule has 0 saturated carbocycles. The Labute approximate surface area is 157 Å². The van der Waals surface area contributed by atoms with Gasteiger partial charge in [-0.25, -0.2) is 9.34 Å². The maximum absolute atomic E-state index is 13.1.